The first-order valence-corrected chi connectivity index (χ1v) is 8.50. The summed E-state index contributed by atoms with van der Waals surface area (Å²) in [5.41, 5.74) is 2.01. The Kier molecular flexibility index (Phi) is 5.30. The van der Waals surface area contributed by atoms with Gasteiger partial charge in [-0.05, 0) is 41.8 Å². The minimum atomic E-state index is -0.246. The molecule has 2 aromatic carbocycles. The molecule has 0 aromatic heterocycles. The highest BCUT2D eigenvalue weighted by Crippen LogP contribution is 2.40. The van der Waals surface area contributed by atoms with E-state index in [9.17, 15) is 9.18 Å². The predicted octanol–water partition coefficient (Wildman–Crippen LogP) is 3.54. The number of halogens is 1. The number of urea groups is 1. The first-order valence-electron chi connectivity index (χ1n) is 8.50. The van der Waals surface area contributed by atoms with Crippen LogP contribution in [0.5, 0.6) is 11.5 Å². The maximum absolute atomic E-state index is 13.0. The molecule has 0 spiro atoms. The van der Waals surface area contributed by atoms with E-state index >= 15 is 0 Å². The van der Waals surface area contributed by atoms with Crippen molar-refractivity contribution in [3.63, 3.8) is 0 Å². The van der Waals surface area contributed by atoms with Gasteiger partial charge < -0.3 is 19.7 Å². The van der Waals surface area contributed by atoms with Crippen molar-refractivity contribution in [2.45, 2.75) is 24.9 Å². The van der Waals surface area contributed by atoms with Crippen LogP contribution in [-0.2, 0) is 6.54 Å². The zero-order chi connectivity index (χ0) is 18.7. The van der Waals surface area contributed by atoms with Crippen LogP contribution in [-0.4, -0.2) is 38.2 Å². The lowest BCUT2D eigenvalue weighted by molar-refractivity contribution is 0.206. The van der Waals surface area contributed by atoms with Crippen LogP contribution >= 0.6 is 0 Å². The second-order valence-electron chi connectivity index (χ2n) is 6.50. The van der Waals surface area contributed by atoms with Crippen molar-refractivity contribution in [2.24, 2.45) is 0 Å². The Morgan fingerprint density at radius 2 is 1.85 bits per heavy atom. The Hall–Kier alpha value is -2.76. The summed E-state index contributed by atoms with van der Waals surface area (Å²) >= 11 is 0. The number of nitrogens with zero attached hydrogens (tertiary/aromatic N) is 1. The Bertz CT molecular complexity index is 779. The van der Waals surface area contributed by atoms with Crippen LogP contribution in [0.1, 0.15) is 23.5 Å². The minimum Gasteiger partial charge on any atom is -0.493 e. The van der Waals surface area contributed by atoms with E-state index in [0.29, 0.717) is 18.0 Å². The Morgan fingerprint density at radius 3 is 2.50 bits per heavy atom. The largest absolute Gasteiger partial charge is 0.493 e. The normalized spacial score (nSPS) is 18.2. The fraction of sp³-hybridized carbons (Fsp3) is 0.350. The maximum Gasteiger partial charge on any atom is 0.317 e. The highest BCUT2D eigenvalue weighted by molar-refractivity contribution is 5.75. The molecule has 0 unspecified atom stereocenters. The van der Waals surface area contributed by atoms with E-state index in [1.54, 1.807) is 38.3 Å². The molecular formula is C20H23FN2O3. The van der Waals surface area contributed by atoms with Gasteiger partial charge in [0, 0.05) is 25.6 Å². The number of benzene rings is 2. The number of amides is 2. The molecule has 138 valence electrons. The van der Waals surface area contributed by atoms with Gasteiger partial charge >= 0.3 is 6.03 Å². The molecule has 1 aliphatic rings. The molecule has 1 saturated carbocycles. The van der Waals surface area contributed by atoms with Gasteiger partial charge in [-0.25, -0.2) is 9.18 Å². The van der Waals surface area contributed by atoms with Crippen LogP contribution in [0.2, 0.25) is 0 Å². The first-order chi connectivity index (χ1) is 12.5. The molecule has 0 bridgehead atoms. The standard InChI is InChI=1S/C20H23FN2O3/c1-23(12-13-4-9-18(25-2)19(10-13)26-3)20(24)22-17-11-16(17)14-5-7-15(21)8-6-14/h4-10,16-17H,11-12H2,1-3H3,(H,22,24)/t16-,17+/m0/s1. The molecule has 1 aliphatic carbocycles. The zero-order valence-corrected chi connectivity index (χ0v) is 15.2. The average Bonchev–Trinajstić information content (AvgIpc) is 3.41. The highest BCUT2D eigenvalue weighted by Gasteiger charge is 2.39. The van der Waals surface area contributed by atoms with Gasteiger partial charge in [0.1, 0.15) is 5.82 Å². The fourth-order valence-corrected chi connectivity index (χ4v) is 3.03. The lowest BCUT2D eigenvalue weighted by Crippen LogP contribution is -2.38. The molecule has 1 N–H and O–H groups in total. The number of rotatable bonds is 6. The van der Waals surface area contributed by atoms with Crippen molar-refractivity contribution in [3.8, 4) is 11.5 Å². The topological polar surface area (TPSA) is 50.8 Å². The Labute approximate surface area is 152 Å². The summed E-state index contributed by atoms with van der Waals surface area (Å²) in [4.78, 5) is 14.0. The molecule has 0 aliphatic heterocycles. The predicted molar refractivity (Wildman–Crippen MR) is 97.1 cm³/mol. The number of nitrogens with one attached hydrogen (secondary N) is 1. The molecule has 0 saturated heterocycles. The number of ether oxygens (including phenoxy) is 2. The Balaban J connectivity index is 1.55. The number of carbonyl (C=O) groups excluding carboxylic acids is 1. The molecule has 2 amide bonds. The van der Waals surface area contributed by atoms with Crippen LogP contribution in [0, 0.1) is 5.82 Å². The maximum atomic E-state index is 13.0. The van der Waals surface area contributed by atoms with Crippen molar-refractivity contribution in [3.05, 3.63) is 59.4 Å². The second-order valence-corrected chi connectivity index (χ2v) is 6.50. The summed E-state index contributed by atoms with van der Waals surface area (Å²) in [7, 11) is 4.92. The third-order valence-corrected chi connectivity index (χ3v) is 4.61. The van der Waals surface area contributed by atoms with Gasteiger partial charge in [0.15, 0.2) is 11.5 Å². The van der Waals surface area contributed by atoms with Crippen LogP contribution in [0.25, 0.3) is 0 Å². The zero-order valence-electron chi connectivity index (χ0n) is 15.2. The second kappa shape index (κ2) is 7.64. The molecule has 26 heavy (non-hydrogen) atoms. The average molecular weight is 358 g/mol. The van der Waals surface area contributed by atoms with Gasteiger partial charge in [-0.15, -0.1) is 0 Å². The van der Waals surface area contributed by atoms with Crippen LogP contribution < -0.4 is 14.8 Å². The fourth-order valence-electron chi connectivity index (χ4n) is 3.03. The van der Waals surface area contributed by atoms with Crippen molar-refractivity contribution in [1.29, 1.82) is 0 Å². The summed E-state index contributed by atoms with van der Waals surface area (Å²) in [6.07, 6.45) is 0.877. The third kappa shape index (κ3) is 4.07. The van der Waals surface area contributed by atoms with E-state index in [-0.39, 0.29) is 23.8 Å². The molecule has 1 fully saturated rings. The monoisotopic (exact) mass is 358 g/mol. The van der Waals surface area contributed by atoms with Crippen LogP contribution in [0.4, 0.5) is 9.18 Å². The van der Waals surface area contributed by atoms with Crippen LogP contribution in [0.3, 0.4) is 0 Å². The molecule has 2 atom stereocenters. The molecule has 5 nitrogen and oxygen atoms in total. The summed E-state index contributed by atoms with van der Waals surface area (Å²) in [5, 5.41) is 3.03. The summed E-state index contributed by atoms with van der Waals surface area (Å²) in [6.45, 7) is 0.458. The minimum absolute atomic E-state index is 0.0980. The molecule has 0 radical (unpaired) electrons. The van der Waals surface area contributed by atoms with E-state index < -0.39 is 0 Å². The first kappa shape index (κ1) is 18.0. The van der Waals surface area contributed by atoms with E-state index in [4.69, 9.17) is 9.47 Å². The highest BCUT2D eigenvalue weighted by atomic mass is 19.1. The third-order valence-electron chi connectivity index (χ3n) is 4.61. The van der Waals surface area contributed by atoms with Crippen molar-refractivity contribution in [2.75, 3.05) is 21.3 Å². The van der Waals surface area contributed by atoms with Gasteiger partial charge in [-0.3, -0.25) is 0 Å². The van der Waals surface area contributed by atoms with Gasteiger partial charge in [0.25, 0.3) is 0 Å². The van der Waals surface area contributed by atoms with Crippen molar-refractivity contribution >= 4 is 6.03 Å². The van der Waals surface area contributed by atoms with Gasteiger partial charge in [-0.2, -0.15) is 0 Å². The molecule has 0 heterocycles. The number of carbonyl (C=O) groups is 1. The number of hydrogen-bond acceptors (Lipinski definition) is 3. The van der Waals surface area contributed by atoms with E-state index in [0.717, 1.165) is 17.5 Å². The Morgan fingerprint density at radius 1 is 1.15 bits per heavy atom. The van der Waals surface area contributed by atoms with Crippen molar-refractivity contribution in [1.82, 2.24) is 10.2 Å². The molecule has 6 heteroatoms. The van der Waals surface area contributed by atoms with Gasteiger partial charge in [-0.1, -0.05) is 18.2 Å². The number of methoxy groups -OCH3 is 2. The lowest BCUT2D eigenvalue weighted by atomic mass is 10.1. The summed E-state index contributed by atoms with van der Waals surface area (Å²) in [5.74, 6) is 1.31. The molecular weight excluding hydrogens is 335 g/mol. The van der Waals surface area contributed by atoms with Crippen molar-refractivity contribution < 1.29 is 18.7 Å². The summed E-state index contributed by atoms with van der Waals surface area (Å²) in [6, 6.07) is 12.0. The smallest absolute Gasteiger partial charge is 0.317 e. The molecule has 2 aromatic rings. The SMILES string of the molecule is COc1ccc(CN(C)C(=O)N[C@@H]2C[C@H]2c2ccc(F)cc2)cc1OC. The molecule has 3 rings (SSSR count). The quantitative estimate of drug-likeness (QED) is 0.859. The van der Waals surface area contributed by atoms with Gasteiger partial charge in [0.2, 0.25) is 0 Å². The van der Waals surface area contributed by atoms with E-state index in [1.165, 1.54) is 12.1 Å². The summed E-state index contributed by atoms with van der Waals surface area (Å²) < 4.78 is 23.5. The van der Waals surface area contributed by atoms with E-state index in [2.05, 4.69) is 5.32 Å². The lowest BCUT2D eigenvalue weighted by Gasteiger charge is -2.19. The van der Waals surface area contributed by atoms with E-state index in [1.807, 2.05) is 18.2 Å². The number of hydrogen-bond donors (Lipinski definition) is 1. The van der Waals surface area contributed by atoms with Gasteiger partial charge in [0.05, 0.1) is 14.2 Å². The van der Waals surface area contributed by atoms with Crippen LogP contribution in [0.15, 0.2) is 42.5 Å².